The van der Waals surface area contributed by atoms with E-state index in [4.69, 9.17) is 0 Å². The molecule has 2 aromatic heterocycles. The molecule has 0 saturated carbocycles. The fourth-order valence-corrected chi connectivity index (χ4v) is 5.54. The number of hydrogen-bond acceptors (Lipinski definition) is 6. The van der Waals surface area contributed by atoms with Crippen LogP contribution in [0.25, 0.3) is 10.2 Å². The molecule has 178 valence electrons. The van der Waals surface area contributed by atoms with E-state index in [-0.39, 0.29) is 38.1 Å². The van der Waals surface area contributed by atoms with Crippen LogP contribution in [0, 0.1) is 25.5 Å². The Morgan fingerprint density at radius 1 is 1.15 bits per heavy atom. The lowest BCUT2D eigenvalue weighted by Gasteiger charge is -2.20. The molecule has 4 aromatic rings. The van der Waals surface area contributed by atoms with Crippen LogP contribution in [0.2, 0.25) is 0 Å². The third-order valence-electron chi connectivity index (χ3n) is 5.34. The van der Waals surface area contributed by atoms with Crippen LogP contribution >= 0.6 is 11.3 Å². The van der Waals surface area contributed by atoms with Gasteiger partial charge in [0.15, 0.2) is 20.8 Å². The summed E-state index contributed by atoms with van der Waals surface area (Å²) in [4.78, 5) is 19.2. The summed E-state index contributed by atoms with van der Waals surface area (Å²) in [6.07, 6.45) is 0. The van der Waals surface area contributed by atoms with Gasteiger partial charge in [0.05, 0.1) is 27.6 Å². The molecule has 2 heterocycles. The van der Waals surface area contributed by atoms with Gasteiger partial charge in [-0.15, -0.1) is 0 Å². The van der Waals surface area contributed by atoms with Crippen molar-refractivity contribution in [1.29, 1.82) is 0 Å². The minimum absolute atomic E-state index is 0.0346. The zero-order chi connectivity index (χ0) is 24.6. The average Bonchev–Trinajstić information content (AvgIpc) is 3.36. The zero-order valence-corrected chi connectivity index (χ0v) is 20.4. The minimum atomic E-state index is -3.52. The van der Waals surface area contributed by atoms with Crippen molar-refractivity contribution in [3.63, 3.8) is 0 Å². The maximum atomic E-state index is 14.3. The number of fused-ring (bicyclic) bond motifs is 1. The van der Waals surface area contributed by atoms with E-state index >= 15 is 0 Å². The van der Waals surface area contributed by atoms with Crippen LogP contribution in [0.15, 0.2) is 47.4 Å². The Bertz CT molecular complexity index is 1500. The minimum Gasteiger partial charge on any atom is -0.282 e. The second-order valence-electron chi connectivity index (χ2n) is 7.77. The third-order valence-corrected chi connectivity index (χ3v) is 8.09. The van der Waals surface area contributed by atoms with Crippen molar-refractivity contribution in [1.82, 2.24) is 14.8 Å². The van der Waals surface area contributed by atoms with E-state index in [0.29, 0.717) is 6.54 Å². The number of rotatable bonds is 7. The summed E-state index contributed by atoms with van der Waals surface area (Å²) in [6, 6.07) is 9.59. The van der Waals surface area contributed by atoms with Crippen LogP contribution in [-0.2, 0) is 16.4 Å². The standard InChI is InChI=1S/C23H22F2N4O3S2/c1-4-34(31,32)18-7-5-6-16(11-18)22(30)28(8-9-29-15(3)10-14(2)27-29)23-26-21-19(25)12-17(24)13-20(21)33-23/h5-7,10-13H,4,8-9H2,1-3H3. The Labute approximate surface area is 199 Å². The number of carbonyl (C=O) groups excluding carboxylic acids is 1. The number of aryl methyl sites for hydroxylation is 2. The van der Waals surface area contributed by atoms with E-state index in [9.17, 15) is 22.0 Å². The SMILES string of the molecule is CCS(=O)(=O)c1cccc(C(=O)N(CCn2nc(C)cc2C)c2nc3c(F)cc(F)cc3s2)c1. The summed E-state index contributed by atoms with van der Waals surface area (Å²) >= 11 is 0.982. The van der Waals surface area contributed by atoms with Gasteiger partial charge in [-0.1, -0.05) is 24.3 Å². The van der Waals surface area contributed by atoms with Crippen molar-refractivity contribution in [2.75, 3.05) is 17.2 Å². The molecule has 0 unspecified atom stereocenters. The Kier molecular flexibility index (Phi) is 6.50. The molecule has 2 aromatic carbocycles. The number of thiazole rings is 1. The Hall–Kier alpha value is -3.18. The van der Waals surface area contributed by atoms with Crippen molar-refractivity contribution in [3.8, 4) is 0 Å². The van der Waals surface area contributed by atoms with E-state index in [0.717, 1.165) is 34.9 Å². The van der Waals surface area contributed by atoms with Crippen LogP contribution < -0.4 is 4.90 Å². The Morgan fingerprint density at radius 2 is 1.91 bits per heavy atom. The number of nitrogens with zero attached hydrogens (tertiary/aromatic N) is 4. The van der Waals surface area contributed by atoms with Crippen LogP contribution in [-0.4, -0.2) is 41.4 Å². The van der Waals surface area contributed by atoms with Crippen LogP contribution in [0.1, 0.15) is 28.7 Å². The Balaban J connectivity index is 1.76. The molecule has 1 amide bonds. The van der Waals surface area contributed by atoms with Crippen molar-refractivity contribution in [2.24, 2.45) is 0 Å². The highest BCUT2D eigenvalue weighted by atomic mass is 32.2. The van der Waals surface area contributed by atoms with Gasteiger partial charge < -0.3 is 0 Å². The van der Waals surface area contributed by atoms with E-state index in [2.05, 4.69) is 10.1 Å². The lowest BCUT2D eigenvalue weighted by molar-refractivity contribution is 0.0985. The Morgan fingerprint density at radius 3 is 2.59 bits per heavy atom. The maximum absolute atomic E-state index is 14.3. The fourth-order valence-electron chi connectivity index (χ4n) is 3.59. The number of sulfone groups is 1. The van der Waals surface area contributed by atoms with Crippen molar-refractivity contribution < 1.29 is 22.0 Å². The molecular formula is C23H22F2N4O3S2. The van der Waals surface area contributed by atoms with Gasteiger partial charge in [-0.05, 0) is 44.2 Å². The molecule has 0 bridgehead atoms. The van der Waals surface area contributed by atoms with E-state index < -0.39 is 27.4 Å². The smallest absolute Gasteiger partial charge is 0.260 e. The molecule has 0 atom stereocenters. The average molecular weight is 505 g/mol. The van der Waals surface area contributed by atoms with Crippen molar-refractivity contribution in [3.05, 3.63) is 71.1 Å². The summed E-state index contributed by atoms with van der Waals surface area (Å²) in [6.45, 7) is 5.73. The summed E-state index contributed by atoms with van der Waals surface area (Å²) < 4.78 is 54.7. The number of hydrogen-bond donors (Lipinski definition) is 0. The first-order valence-electron chi connectivity index (χ1n) is 10.5. The molecule has 0 aliphatic heterocycles. The van der Waals surface area contributed by atoms with Crippen molar-refractivity contribution >= 4 is 42.4 Å². The first-order valence-corrected chi connectivity index (χ1v) is 13.0. The fraction of sp³-hybridized carbons (Fsp3) is 0.261. The highest BCUT2D eigenvalue weighted by molar-refractivity contribution is 7.91. The predicted octanol–water partition coefficient (Wildman–Crippen LogP) is 4.53. The summed E-state index contributed by atoms with van der Waals surface area (Å²) in [5, 5.41) is 4.58. The lowest BCUT2D eigenvalue weighted by atomic mass is 10.2. The van der Waals surface area contributed by atoms with Gasteiger partial charge in [0.2, 0.25) is 0 Å². The molecule has 0 radical (unpaired) electrons. The monoisotopic (exact) mass is 504 g/mol. The van der Waals surface area contributed by atoms with Gasteiger partial charge in [0.1, 0.15) is 11.3 Å². The number of anilines is 1. The molecule has 11 heteroatoms. The molecule has 0 fully saturated rings. The number of amides is 1. The molecule has 4 rings (SSSR count). The van der Waals surface area contributed by atoms with Gasteiger partial charge >= 0.3 is 0 Å². The number of benzene rings is 2. The van der Waals surface area contributed by atoms with Gasteiger partial charge in [0.25, 0.3) is 5.91 Å². The molecule has 0 aliphatic carbocycles. The third kappa shape index (κ3) is 4.71. The molecule has 7 nitrogen and oxygen atoms in total. The number of carbonyl (C=O) groups is 1. The van der Waals surface area contributed by atoms with Gasteiger partial charge in [0, 0.05) is 23.9 Å². The van der Waals surface area contributed by atoms with E-state index in [1.807, 2.05) is 19.9 Å². The van der Waals surface area contributed by atoms with Gasteiger partial charge in [-0.25, -0.2) is 22.2 Å². The lowest BCUT2D eigenvalue weighted by Crippen LogP contribution is -2.34. The second-order valence-corrected chi connectivity index (χ2v) is 11.1. The largest absolute Gasteiger partial charge is 0.282 e. The predicted molar refractivity (Wildman–Crippen MR) is 127 cm³/mol. The quantitative estimate of drug-likeness (QED) is 0.369. The normalized spacial score (nSPS) is 11.8. The van der Waals surface area contributed by atoms with Crippen LogP contribution in [0.3, 0.4) is 0 Å². The summed E-state index contributed by atoms with van der Waals surface area (Å²) in [5.41, 5.74) is 1.84. The van der Waals surface area contributed by atoms with Crippen LogP contribution in [0.5, 0.6) is 0 Å². The topological polar surface area (TPSA) is 85.2 Å². The summed E-state index contributed by atoms with van der Waals surface area (Å²) in [7, 11) is -3.52. The van der Waals surface area contributed by atoms with Crippen molar-refractivity contribution in [2.45, 2.75) is 32.2 Å². The molecule has 0 saturated heterocycles. The van der Waals surface area contributed by atoms with Crippen LogP contribution in [0.4, 0.5) is 13.9 Å². The highest BCUT2D eigenvalue weighted by Crippen LogP contribution is 2.32. The van der Waals surface area contributed by atoms with E-state index in [1.54, 1.807) is 4.68 Å². The molecule has 34 heavy (non-hydrogen) atoms. The van der Waals surface area contributed by atoms with Gasteiger partial charge in [-0.2, -0.15) is 5.10 Å². The maximum Gasteiger partial charge on any atom is 0.260 e. The molecular weight excluding hydrogens is 482 g/mol. The van der Waals surface area contributed by atoms with Gasteiger partial charge in [-0.3, -0.25) is 14.4 Å². The summed E-state index contributed by atoms with van der Waals surface area (Å²) in [5.74, 6) is -2.16. The second kappa shape index (κ2) is 9.22. The van der Waals surface area contributed by atoms with E-state index in [1.165, 1.54) is 36.1 Å². The highest BCUT2D eigenvalue weighted by Gasteiger charge is 2.24. The zero-order valence-electron chi connectivity index (χ0n) is 18.7. The number of halogens is 2. The molecule has 0 spiro atoms. The first-order chi connectivity index (χ1) is 16.1. The number of aromatic nitrogens is 3. The first kappa shape index (κ1) is 24.0. The molecule has 0 N–H and O–H groups in total. The molecule has 0 aliphatic rings.